The Morgan fingerprint density at radius 1 is 1.24 bits per heavy atom. The molecule has 2 N–H and O–H groups in total. The van der Waals surface area contributed by atoms with Crippen LogP contribution >= 0.6 is 0 Å². The van der Waals surface area contributed by atoms with Crippen molar-refractivity contribution in [3.8, 4) is 5.75 Å². The van der Waals surface area contributed by atoms with E-state index in [2.05, 4.69) is 0 Å². The minimum atomic E-state index is -1.70. The number of aromatic nitrogens is 2. The van der Waals surface area contributed by atoms with Crippen LogP contribution in [0.25, 0.3) is 0 Å². The first-order valence-corrected chi connectivity index (χ1v) is 6.23. The lowest BCUT2D eigenvalue weighted by atomic mass is 9.78. The quantitative estimate of drug-likeness (QED) is 0.654. The summed E-state index contributed by atoms with van der Waals surface area (Å²) in [5, 5.41) is 18.6. The van der Waals surface area contributed by atoms with Crippen molar-refractivity contribution >= 4 is 12.6 Å². The Labute approximate surface area is 120 Å². The zero-order valence-electron chi connectivity index (χ0n) is 11.7. The molecule has 1 heterocycles. The molecule has 0 saturated heterocycles. The fourth-order valence-electron chi connectivity index (χ4n) is 2.03. The van der Waals surface area contributed by atoms with Gasteiger partial charge in [0.05, 0.1) is 13.7 Å². The molecular weight excluding hydrogens is 275 g/mol. The Balaban J connectivity index is 2.46. The van der Waals surface area contributed by atoms with Gasteiger partial charge in [-0.3, -0.25) is 9.36 Å². The van der Waals surface area contributed by atoms with E-state index in [1.165, 1.54) is 30.0 Å². The first-order valence-electron chi connectivity index (χ1n) is 6.23. The Kier molecular flexibility index (Phi) is 4.30. The van der Waals surface area contributed by atoms with Crippen molar-refractivity contribution in [2.24, 2.45) is 7.05 Å². The number of aryl methyl sites for hydroxylation is 1. The number of benzene rings is 1. The lowest BCUT2D eigenvalue weighted by molar-refractivity contribution is 0.403. The average Bonchev–Trinajstić information content (AvgIpc) is 2.47. The SMILES string of the molecule is COc1ccc(Cn2c(=O)ccn(C)c2=O)cc1B(O)O. The molecule has 7 nitrogen and oxygen atoms in total. The smallest absolute Gasteiger partial charge is 0.492 e. The van der Waals surface area contributed by atoms with Crippen molar-refractivity contribution in [2.75, 3.05) is 7.11 Å². The molecule has 0 bridgehead atoms. The minimum Gasteiger partial charge on any atom is -0.497 e. The third-order valence-electron chi connectivity index (χ3n) is 3.15. The molecule has 8 heteroatoms. The monoisotopic (exact) mass is 290 g/mol. The van der Waals surface area contributed by atoms with E-state index in [9.17, 15) is 19.6 Å². The first-order chi connectivity index (χ1) is 9.93. The minimum absolute atomic E-state index is 0.0378. The zero-order valence-corrected chi connectivity index (χ0v) is 11.7. The first kappa shape index (κ1) is 15.1. The topological polar surface area (TPSA) is 93.7 Å². The predicted octanol–water partition coefficient (Wildman–Crippen LogP) is -1.72. The van der Waals surface area contributed by atoms with Gasteiger partial charge in [0.1, 0.15) is 5.75 Å². The summed E-state index contributed by atoms with van der Waals surface area (Å²) in [6.07, 6.45) is 1.40. The van der Waals surface area contributed by atoms with E-state index < -0.39 is 18.4 Å². The second-order valence-corrected chi connectivity index (χ2v) is 4.58. The van der Waals surface area contributed by atoms with Crippen LogP contribution in [-0.4, -0.2) is 33.4 Å². The summed E-state index contributed by atoms with van der Waals surface area (Å²) >= 11 is 0. The third kappa shape index (κ3) is 3.06. The lowest BCUT2D eigenvalue weighted by Crippen LogP contribution is -2.38. The predicted molar refractivity (Wildman–Crippen MR) is 77.9 cm³/mol. The molecule has 2 aromatic rings. The van der Waals surface area contributed by atoms with E-state index in [1.807, 2.05) is 0 Å². The Hall–Kier alpha value is -2.32. The van der Waals surface area contributed by atoms with E-state index in [-0.39, 0.29) is 12.0 Å². The van der Waals surface area contributed by atoms with Crippen LogP contribution in [0.2, 0.25) is 0 Å². The molecule has 0 radical (unpaired) electrons. The highest BCUT2D eigenvalue weighted by atomic mass is 16.5. The summed E-state index contributed by atoms with van der Waals surface area (Å²) in [7, 11) is 1.27. The highest BCUT2D eigenvalue weighted by Crippen LogP contribution is 2.10. The van der Waals surface area contributed by atoms with Crippen molar-refractivity contribution < 1.29 is 14.8 Å². The van der Waals surface area contributed by atoms with Crippen LogP contribution in [0.3, 0.4) is 0 Å². The van der Waals surface area contributed by atoms with Crippen LogP contribution in [0.5, 0.6) is 5.75 Å². The van der Waals surface area contributed by atoms with Gasteiger partial charge in [0.2, 0.25) is 0 Å². The van der Waals surface area contributed by atoms with Gasteiger partial charge in [-0.05, 0) is 11.6 Å². The molecule has 0 fully saturated rings. The normalized spacial score (nSPS) is 10.5. The molecule has 1 aromatic carbocycles. The second kappa shape index (κ2) is 5.98. The van der Waals surface area contributed by atoms with Gasteiger partial charge >= 0.3 is 12.8 Å². The third-order valence-corrected chi connectivity index (χ3v) is 3.15. The highest BCUT2D eigenvalue weighted by Gasteiger charge is 2.17. The standard InChI is InChI=1S/C13H15BN2O5/c1-15-6-5-12(17)16(13(15)18)8-9-3-4-11(21-2)10(7-9)14(19)20/h3-7,19-20H,8H2,1-2H3. The van der Waals surface area contributed by atoms with Crippen molar-refractivity contribution in [1.29, 1.82) is 0 Å². The molecule has 0 unspecified atom stereocenters. The average molecular weight is 290 g/mol. The van der Waals surface area contributed by atoms with Crippen molar-refractivity contribution in [1.82, 2.24) is 9.13 Å². The van der Waals surface area contributed by atoms with Gasteiger partial charge in [0.15, 0.2) is 0 Å². The second-order valence-electron chi connectivity index (χ2n) is 4.58. The van der Waals surface area contributed by atoms with Crippen LogP contribution in [0.15, 0.2) is 40.1 Å². The van der Waals surface area contributed by atoms with Crippen molar-refractivity contribution in [3.63, 3.8) is 0 Å². The maximum absolute atomic E-state index is 11.9. The number of rotatable bonds is 4. The van der Waals surface area contributed by atoms with Crippen molar-refractivity contribution in [2.45, 2.75) is 6.54 Å². The fraction of sp³-hybridized carbons (Fsp3) is 0.231. The molecule has 0 amide bonds. The van der Waals surface area contributed by atoms with Gasteiger partial charge in [0.25, 0.3) is 5.56 Å². The Morgan fingerprint density at radius 2 is 1.95 bits per heavy atom. The number of nitrogens with zero attached hydrogens (tertiary/aromatic N) is 2. The number of methoxy groups -OCH3 is 1. The molecular formula is C13H15BN2O5. The van der Waals surface area contributed by atoms with Crippen LogP contribution < -0.4 is 21.4 Å². The summed E-state index contributed by atoms with van der Waals surface area (Å²) in [4.78, 5) is 23.7. The van der Waals surface area contributed by atoms with Gasteiger partial charge in [-0.2, -0.15) is 0 Å². The molecule has 0 aliphatic rings. The van der Waals surface area contributed by atoms with Gasteiger partial charge in [-0.25, -0.2) is 4.79 Å². The van der Waals surface area contributed by atoms with Gasteiger partial charge < -0.3 is 19.4 Å². The zero-order chi connectivity index (χ0) is 15.6. The largest absolute Gasteiger partial charge is 0.497 e. The van der Waals surface area contributed by atoms with Crippen LogP contribution in [-0.2, 0) is 13.6 Å². The molecule has 0 aliphatic heterocycles. The maximum atomic E-state index is 11.9. The molecule has 0 atom stereocenters. The molecule has 1 aromatic heterocycles. The summed E-state index contributed by atoms with van der Waals surface area (Å²) in [6, 6.07) is 6.00. The Bertz CT molecular complexity index is 766. The van der Waals surface area contributed by atoms with Crippen LogP contribution in [0, 0.1) is 0 Å². The molecule has 21 heavy (non-hydrogen) atoms. The summed E-state index contributed by atoms with van der Waals surface area (Å²) < 4.78 is 7.39. The van der Waals surface area contributed by atoms with Gasteiger partial charge in [-0.15, -0.1) is 0 Å². The van der Waals surface area contributed by atoms with Gasteiger partial charge in [-0.1, -0.05) is 12.1 Å². The van der Waals surface area contributed by atoms with E-state index in [4.69, 9.17) is 4.74 Å². The molecule has 2 rings (SSSR count). The maximum Gasteiger partial charge on any atom is 0.492 e. The fourth-order valence-corrected chi connectivity index (χ4v) is 2.03. The van der Waals surface area contributed by atoms with Crippen molar-refractivity contribution in [3.05, 3.63) is 56.9 Å². The van der Waals surface area contributed by atoms with E-state index in [0.29, 0.717) is 11.3 Å². The number of hydrogen-bond acceptors (Lipinski definition) is 5. The van der Waals surface area contributed by atoms with E-state index in [0.717, 1.165) is 4.57 Å². The number of ether oxygens (including phenoxy) is 1. The highest BCUT2D eigenvalue weighted by molar-refractivity contribution is 6.59. The molecule has 0 saturated carbocycles. The molecule has 0 spiro atoms. The number of hydrogen-bond donors (Lipinski definition) is 2. The summed E-state index contributed by atoms with van der Waals surface area (Å²) in [5.41, 5.74) is -0.0930. The Morgan fingerprint density at radius 3 is 2.57 bits per heavy atom. The summed E-state index contributed by atoms with van der Waals surface area (Å²) in [6.45, 7) is 0.0378. The van der Waals surface area contributed by atoms with E-state index in [1.54, 1.807) is 19.2 Å². The lowest BCUT2D eigenvalue weighted by Gasteiger charge is -2.11. The van der Waals surface area contributed by atoms with Crippen LogP contribution in [0.4, 0.5) is 0 Å². The van der Waals surface area contributed by atoms with E-state index >= 15 is 0 Å². The van der Waals surface area contributed by atoms with Gasteiger partial charge in [0, 0.05) is 24.8 Å². The molecule has 110 valence electrons. The molecule has 0 aliphatic carbocycles. The summed E-state index contributed by atoms with van der Waals surface area (Å²) in [5.74, 6) is 0.321. The van der Waals surface area contributed by atoms with Crippen LogP contribution in [0.1, 0.15) is 5.56 Å².